The van der Waals surface area contributed by atoms with E-state index in [0.717, 1.165) is 12.8 Å². The Morgan fingerprint density at radius 2 is 1.95 bits per heavy atom. The topological polar surface area (TPSA) is 38.3 Å². The van der Waals surface area contributed by atoms with Gasteiger partial charge in [0.1, 0.15) is 6.61 Å². The molecule has 3 heteroatoms. The molecule has 0 aliphatic heterocycles. The van der Waals surface area contributed by atoms with Crippen LogP contribution in [0.5, 0.6) is 0 Å². The number of ether oxygens (including phenoxy) is 1. The molecule has 2 aromatic carbocycles. The van der Waals surface area contributed by atoms with Crippen LogP contribution in [-0.2, 0) is 15.1 Å². The van der Waals surface area contributed by atoms with Crippen molar-refractivity contribution in [2.45, 2.75) is 18.4 Å². The lowest BCUT2D eigenvalue weighted by Crippen LogP contribution is -2.37. The van der Waals surface area contributed by atoms with E-state index in [1.54, 1.807) is 0 Å². The van der Waals surface area contributed by atoms with Gasteiger partial charge in [0.25, 0.3) is 0 Å². The zero-order valence-electron chi connectivity index (χ0n) is 11.0. The van der Waals surface area contributed by atoms with Gasteiger partial charge in [-0.1, -0.05) is 42.5 Å². The molecule has 0 aromatic heterocycles. The molecule has 1 aliphatic carbocycles. The van der Waals surface area contributed by atoms with Gasteiger partial charge in [-0.05, 0) is 29.2 Å². The molecule has 2 aromatic rings. The number of methoxy groups -OCH3 is 1. The predicted octanol–water partition coefficient (Wildman–Crippen LogP) is 2.59. The standard InChI is InChI=1S/C16H17NO2/c1-19-11-15(18)17-16(9-10-16)14-8-4-6-12-5-2-3-7-13(12)14/h2-8H,9-11H2,1H3,(H,17,18). The van der Waals surface area contributed by atoms with Crippen molar-refractivity contribution in [1.82, 2.24) is 5.32 Å². The average Bonchev–Trinajstić information content (AvgIpc) is 3.19. The summed E-state index contributed by atoms with van der Waals surface area (Å²) in [5, 5.41) is 5.55. The first-order chi connectivity index (χ1) is 9.25. The van der Waals surface area contributed by atoms with Crippen molar-refractivity contribution >= 4 is 16.7 Å². The SMILES string of the molecule is COCC(=O)NC1(c2cccc3ccccc23)CC1. The molecule has 19 heavy (non-hydrogen) atoms. The summed E-state index contributed by atoms with van der Waals surface area (Å²) in [5.74, 6) is -0.0482. The highest BCUT2D eigenvalue weighted by Crippen LogP contribution is 2.47. The minimum atomic E-state index is -0.184. The predicted molar refractivity (Wildman–Crippen MR) is 74.9 cm³/mol. The second kappa shape index (κ2) is 4.67. The summed E-state index contributed by atoms with van der Waals surface area (Å²) < 4.78 is 4.89. The molecule has 1 fully saturated rings. The molecule has 1 aliphatic rings. The Bertz CT molecular complexity index is 612. The maximum Gasteiger partial charge on any atom is 0.246 e. The van der Waals surface area contributed by atoms with Crippen molar-refractivity contribution in [3.63, 3.8) is 0 Å². The van der Waals surface area contributed by atoms with Crippen LogP contribution in [0.15, 0.2) is 42.5 Å². The van der Waals surface area contributed by atoms with E-state index < -0.39 is 0 Å². The molecule has 0 heterocycles. The highest BCUT2D eigenvalue weighted by Gasteiger charge is 2.46. The lowest BCUT2D eigenvalue weighted by atomic mass is 9.97. The number of benzene rings is 2. The second-order valence-electron chi connectivity index (χ2n) is 5.09. The third-order valence-electron chi connectivity index (χ3n) is 3.71. The number of carbonyl (C=O) groups is 1. The van der Waals surface area contributed by atoms with Crippen LogP contribution in [0.1, 0.15) is 18.4 Å². The largest absolute Gasteiger partial charge is 0.375 e. The smallest absolute Gasteiger partial charge is 0.246 e. The summed E-state index contributed by atoms with van der Waals surface area (Å²) in [5.41, 5.74) is 1.03. The Balaban J connectivity index is 1.98. The fourth-order valence-corrected chi connectivity index (χ4v) is 2.66. The van der Waals surface area contributed by atoms with Gasteiger partial charge in [-0.15, -0.1) is 0 Å². The third-order valence-corrected chi connectivity index (χ3v) is 3.71. The van der Waals surface area contributed by atoms with Crippen LogP contribution in [0.4, 0.5) is 0 Å². The van der Waals surface area contributed by atoms with E-state index in [4.69, 9.17) is 4.74 Å². The summed E-state index contributed by atoms with van der Waals surface area (Å²) in [6, 6.07) is 14.6. The zero-order chi connectivity index (χ0) is 13.3. The number of fused-ring (bicyclic) bond motifs is 1. The first-order valence-electron chi connectivity index (χ1n) is 6.53. The second-order valence-corrected chi connectivity index (χ2v) is 5.09. The Kier molecular flexibility index (Phi) is 2.99. The molecule has 3 rings (SSSR count). The monoisotopic (exact) mass is 255 g/mol. The fourth-order valence-electron chi connectivity index (χ4n) is 2.66. The van der Waals surface area contributed by atoms with Gasteiger partial charge in [0, 0.05) is 7.11 Å². The summed E-state index contributed by atoms with van der Waals surface area (Å²) >= 11 is 0. The maximum absolute atomic E-state index is 11.8. The number of amides is 1. The van der Waals surface area contributed by atoms with E-state index in [0.29, 0.717) is 0 Å². The molecule has 1 amide bonds. The highest BCUT2D eigenvalue weighted by atomic mass is 16.5. The molecule has 0 radical (unpaired) electrons. The first-order valence-corrected chi connectivity index (χ1v) is 6.53. The van der Waals surface area contributed by atoms with Crippen LogP contribution >= 0.6 is 0 Å². The van der Waals surface area contributed by atoms with Gasteiger partial charge in [0.05, 0.1) is 5.54 Å². The van der Waals surface area contributed by atoms with Gasteiger partial charge in [-0.25, -0.2) is 0 Å². The van der Waals surface area contributed by atoms with Gasteiger partial charge < -0.3 is 10.1 Å². The lowest BCUT2D eigenvalue weighted by molar-refractivity contribution is -0.125. The highest BCUT2D eigenvalue weighted by molar-refractivity contribution is 5.88. The third kappa shape index (κ3) is 2.22. The number of carbonyl (C=O) groups excluding carboxylic acids is 1. The molecular formula is C16H17NO2. The lowest BCUT2D eigenvalue weighted by Gasteiger charge is -2.19. The van der Waals surface area contributed by atoms with Crippen molar-refractivity contribution in [3.8, 4) is 0 Å². The number of hydrogen-bond donors (Lipinski definition) is 1. The molecule has 0 bridgehead atoms. The Labute approximate surface area is 112 Å². The van der Waals surface area contributed by atoms with Crippen molar-refractivity contribution < 1.29 is 9.53 Å². The van der Waals surface area contributed by atoms with Crippen molar-refractivity contribution in [1.29, 1.82) is 0 Å². The van der Waals surface area contributed by atoms with Crippen molar-refractivity contribution in [3.05, 3.63) is 48.0 Å². The van der Waals surface area contributed by atoms with Gasteiger partial charge >= 0.3 is 0 Å². The zero-order valence-corrected chi connectivity index (χ0v) is 11.0. The minimum absolute atomic E-state index is 0.0482. The quantitative estimate of drug-likeness (QED) is 0.912. The molecule has 0 unspecified atom stereocenters. The summed E-state index contributed by atoms with van der Waals surface area (Å²) in [6.45, 7) is 0.118. The Morgan fingerprint density at radius 3 is 2.68 bits per heavy atom. The molecule has 0 atom stereocenters. The van der Waals surface area contributed by atoms with Crippen LogP contribution in [0.2, 0.25) is 0 Å². The summed E-state index contributed by atoms with van der Waals surface area (Å²) in [7, 11) is 1.54. The van der Waals surface area contributed by atoms with Crippen molar-refractivity contribution in [2.24, 2.45) is 0 Å². The number of hydrogen-bond acceptors (Lipinski definition) is 2. The Hall–Kier alpha value is -1.87. The van der Waals surface area contributed by atoms with Crippen LogP contribution in [0, 0.1) is 0 Å². The number of rotatable bonds is 4. The van der Waals surface area contributed by atoms with Gasteiger partial charge in [0.2, 0.25) is 5.91 Å². The maximum atomic E-state index is 11.8. The molecule has 1 N–H and O–H groups in total. The van der Waals surface area contributed by atoms with Crippen LogP contribution < -0.4 is 5.32 Å². The molecule has 3 nitrogen and oxygen atoms in total. The van der Waals surface area contributed by atoms with Crippen LogP contribution in [-0.4, -0.2) is 19.6 Å². The molecular weight excluding hydrogens is 238 g/mol. The van der Waals surface area contributed by atoms with Crippen LogP contribution in [0.25, 0.3) is 10.8 Å². The molecule has 98 valence electrons. The molecule has 0 saturated heterocycles. The van der Waals surface area contributed by atoms with Gasteiger partial charge in [0.15, 0.2) is 0 Å². The van der Waals surface area contributed by atoms with E-state index in [9.17, 15) is 4.79 Å². The van der Waals surface area contributed by atoms with Crippen molar-refractivity contribution in [2.75, 3.05) is 13.7 Å². The van der Waals surface area contributed by atoms with E-state index in [2.05, 4.69) is 35.6 Å². The summed E-state index contributed by atoms with van der Waals surface area (Å²) in [4.78, 5) is 11.8. The molecule has 0 spiro atoms. The summed E-state index contributed by atoms with van der Waals surface area (Å²) in [6.07, 6.45) is 1.99. The van der Waals surface area contributed by atoms with E-state index in [1.165, 1.54) is 23.4 Å². The Morgan fingerprint density at radius 1 is 1.21 bits per heavy atom. The fraction of sp³-hybridized carbons (Fsp3) is 0.312. The van der Waals surface area contributed by atoms with Crippen LogP contribution in [0.3, 0.4) is 0 Å². The normalized spacial score (nSPS) is 16.3. The van der Waals surface area contributed by atoms with E-state index >= 15 is 0 Å². The molecule has 1 saturated carbocycles. The minimum Gasteiger partial charge on any atom is -0.375 e. The van der Waals surface area contributed by atoms with E-state index in [-0.39, 0.29) is 18.1 Å². The van der Waals surface area contributed by atoms with E-state index in [1.807, 2.05) is 12.1 Å². The van der Waals surface area contributed by atoms with Gasteiger partial charge in [-0.2, -0.15) is 0 Å². The number of nitrogens with one attached hydrogen (secondary N) is 1. The average molecular weight is 255 g/mol. The van der Waals surface area contributed by atoms with Gasteiger partial charge in [-0.3, -0.25) is 4.79 Å². The first kappa shape index (κ1) is 12.2.